The number of amides is 1. The van der Waals surface area contributed by atoms with Crippen molar-refractivity contribution in [1.29, 1.82) is 0 Å². The summed E-state index contributed by atoms with van der Waals surface area (Å²) in [5.74, 6) is 1.63. The van der Waals surface area contributed by atoms with Crippen molar-refractivity contribution in [3.05, 3.63) is 23.8 Å². The molecule has 128 valence electrons. The number of rotatable bonds is 6. The Bertz CT molecular complexity index is 557. The smallest absolute Gasteiger partial charge is 0.237 e. The van der Waals surface area contributed by atoms with Gasteiger partial charge in [0, 0.05) is 12.1 Å². The van der Waals surface area contributed by atoms with Crippen molar-refractivity contribution in [2.24, 2.45) is 0 Å². The molecule has 23 heavy (non-hydrogen) atoms. The summed E-state index contributed by atoms with van der Waals surface area (Å²) in [5, 5.41) is 3.10. The van der Waals surface area contributed by atoms with E-state index in [4.69, 9.17) is 9.47 Å². The molecule has 0 aromatic heterocycles. The summed E-state index contributed by atoms with van der Waals surface area (Å²) in [6.45, 7) is 9.94. The summed E-state index contributed by atoms with van der Waals surface area (Å²) in [7, 11) is 1.96. The molecule has 1 aliphatic rings. The van der Waals surface area contributed by atoms with Gasteiger partial charge in [-0.1, -0.05) is 13.0 Å². The number of ether oxygens (including phenoxy) is 2. The average Bonchev–Trinajstić information content (AvgIpc) is 2.53. The standard InChI is InChI=1S/C18H28N2O3/c1-6-18(3,4)19-17(21)13(2)20(5)12-14-7-8-15-16(11-14)23-10-9-22-15/h7-8,11,13H,6,9-10,12H2,1-5H3,(H,19,21). The van der Waals surface area contributed by atoms with E-state index < -0.39 is 0 Å². The Morgan fingerprint density at radius 2 is 1.96 bits per heavy atom. The van der Waals surface area contributed by atoms with E-state index in [0.717, 1.165) is 23.5 Å². The van der Waals surface area contributed by atoms with Crippen LogP contribution in [0.5, 0.6) is 11.5 Å². The number of hydrogen-bond donors (Lipinski definition) is 1. The highest BCUT2D eigenvalue weighted by atomic mass is 16.6. The fourth-order valence-electron chi connectivity index (χ4n) is 2.34. The molecule has 0 spiro atoms. The normalized spacial score (nSPS) is 15.4. The fourth-order valence-corrected chi connectivity index (χ4v) is 2.34. The quantitative estimate of drug-likeness (QED) is 0.875. The molecule has 1 aliphatic heterocycles. The zero-order valence-electron chi connectivity index (χ0n) is 14.8. The lowest BCUT2D eigenvalue weighted by atomic mass is 10.0. The van der Waals surface area contributed by atoms with Gasteiger partial charge in [0.1, 0.15) is 13.2 Å². The van der Waals surface area contributed by atoms with Crippen LogP contribution in [-0.2, 0) is 11.3 Å². The molecule has 1 aromatic carbocycles. The van der Waals surface area contributed by atoms with Crippen molar-refractivity contribution >= 4 is 5.91 Å². The lowest BCUT2D eigenvalue weighted by Crippen LogP contribution is -2.50. The van der Waals surface area contributed by atoms with Crippen LogP contribution in [0.3, 0.4) is 0 Å². The van der Waals surface area contributed by atoms with Gasteiger partial charge >= 0.3 is 0 Å². The molecule has 0 radical (unpaired) electrons. The van der Waals surface area contributed by atoms with Crippen molar-refractivity contribution in [3.8, 4) is 11.5 Å². The molecule has 1 atom stereocenters. The first kappa shape index (κ1) is 17.6. The number of nitrogens with one attached hydrogen (secondary N) is 1. The molecule has 1 heterocycles. The zero-order chi connectivity index (χ0) is 17.0. The van der Waals surface area contributed by atoms with E-state index in [9.17, 15) is 4.79 Å². The maximum atomic E-state index is 12.4. The summed E-state index contributed by atoms with van der Waals surface area (Å²) in [4.78, 5) is 14.4. The Hall–Kier alpha value is -1.75. The van der Waals surface area contributed by atoms with Gasteiger partial charge in [0.05, 0.1) is 6.04 Å². The molecule has 1 N–H and O–H groups in total. The third-order valence-electron chi connectivity index (χ3n) is 4.42. The molecule has 0 fully saturated rings. The van der Waals surface area contributed by atoms with Gasteiger partial charge in [0.25, 0.3) is 0 Å². The summed E-state index contributed by atoms with van der Waals surface area (Å²) in [5.41, 5.74) is 0.926. The molecule has 5 nitrogen and oxygen atoms in total. The van der Waals surface area contributed by atoms with E-state index in [2.05, 4.69) is 12.2 Å². The van der Waals surface area contributed by atoms with Gasteiger partial charge in [-0.2, -0.15) is 0 Å². The van der Waals surface area contributed by atoms with Crippen LogP contribution in [0.1, 0.15) is 39.7 Å². The molecular formula is C18H28N2O3. The molecule has 1 amide bonds. The van der Waals surface area contributed by atoms with Gasteiger partial charge in [0.15, 0.2) is 11.5 Å². The predicted octanol–water partition coefficient (Wildman–Crippen LogP) is 2.58. The molecule has 0 saturated carbocycles. The van der Waals surface area contributed by atoms with E-state index in [1.807, 2.05) is 50.9 Å². The van der Waals surface area contributed by atoms with Crippen LogP contribution in [0.25, 0.3) is 0 Å². The van der Waals surface area contributed by atoms with Crippen molar-refractivity contribution in [1.82, 2.24) is 10.2 Å². The van der Waals surface area contributed by atoms with Crippen LogP contribution >= 0.6 is 0 Å². The molecule has 0 aliphatic carbocycles. The lowest BCUT2D eigenvalue weighted by Gasteiger charge is -2.30. The Kier molecular flexibility index (Phi) is 5.52. The number of benzene rings is 1. The maximum absolute atomic E-state index is 12.4. The molecule has 1 unspecified atom stereocenters. The SMILES string of the molecule is CCC(C)(C)NC(=O)C(C)N(C)Cc1ccc2c(c1)OCCO2. The van der Waals surface area contributed by atoms with Crippen molar-refractivity contribution in [2.45, 2.75) is 52.2 Å². The van der Waals surface area contributed by atoms with Crippen LogP contribution in [0.4, 0.5) is 0 Å². The van der Waals surface area contributed by atoms with E-state index >= 15 is 0 Å². The minimum absolute atomic E-state index is 0.0527. The Morgan fingerprint density at radius 3 is 2.61 bits per heavy atom. The third-order valence-corrected chi connectivity index (χ3v) is 4.42. The second-order valence-corrected chi connectivity index (χ2v) is 6.80. The van der Waals surface area contributed by atoms with Crippen molar-refractivity contribution in [2.75, 3.05) is 20.3 Å². The summed E-state index contributed by atoms with van der Waals surface area (Å²) < 4.78 is 11.1. The maximum Gasteiger partial charge on any atom is 0.237 e. The summed E-state index contributed by atoms with van der Waals surface area (Å²) >= 11 is 0. The van der Waals surface area contributed by atoms with Gasteiger partial charge in [-0.15, -0.1) is 0 Å². The number of hydrogen-bond acceptors (Lipinski definition) is 4. The van der Waals surface area contributed by atoms with Crippen molar-refractivity contribution < 1.29 is 14.3 Å². The van der Waals surface area contributed by atoms with Gasteiger partial charge in [-0.3, -0.25) is 9.69 Å². The Labute approximate surface area is 139 Å². The minimum Gasteiger partial charge on any atom is -0.486 e. The highest BCUT2D eigenvalue weighted by molar-refractivity contribution is 5.81. The first-order valence-corrected chi connectivity index (χ1v) is 8.23. The van der Waals surface area contributed by atoms with Gasteiger partial charge in [-0.05, 0) is 51.9 Å². The summed E-state index contributed by atoms with van der Waals surface area (Å²) in [6.07, 6.45) is 0.900. The first-order valence-electron chi connectivity index (χ1n) is 8.23. The second-order valence-electron chi connectivity index (χ2n) is 6.80. The van der Waals surface area contributed by atoms with E-state index in [-0.39, 0.29) is 17.5 Å². The minimum atomic E-state index is -0.200. The van der Waals surface area contributed by atoms with Crippen LogP contribution in [0.15, 0.2) is 18.2 Å². The van der Waals surface area contributed by atoms with Crippen molar-refractivity contribution in [3.63, 3.8) is 0 Å². The van der Waals surface area contributed by atoms with Crippen LogP contribution in [0, 0.1) is 0 Å². The van der Waals surface area contributed by atoms with Crippen LogP contribution in [-0.4, -0.2) is 42.6 Å². The monoisotopic (exact) mass is 320 g/mol. The van der Waals surface area contributed by atoms with E-state index in [1.54, 1.807) is 0 Å². The molecule has 1 aromatic rings. The van der Waals surface area contributed by atoms with Gasteiger partial charge < -0.3 is 14.8 Å². The van der Waals surface area contributed by atoms with Gasteiger partial charge in [-0.25, -0.2) is 0 Å². The topological polar surface area (TPSA) is 50.8 Å². The fraction of sp³-hybridized carbons (Fsp3) is 0.611. The summed E-state index contributed by atoms with van der Waals surface area (Å²) in [6, 6.07) is 5.74. The zero-order valence-corrected chi connectivity index (χ0v) is 14.8. The van der Waals surface area contributed by atoms with Gasteiger partial charge in [0.2, 0.25) is 5.91 Å². The molecule has 0 saturated heterocycles. The predicted molar refractivity (Wildman–Crippen MR) is 90.9 cm³/mol. The average molecular weight is 320 g/mol. The first-order chi connectivity index (χ1) is 10.8. The van der Waals surface area contributed by atoms with E-state index in [1.165, 1.54) is 0 Å². The highest BCUT2D eigenvalue weighted by Gasteiger charge is 2.24. The highest BCUT2D eigenvalue weighted by Crippen LogP contribution is 2.31. The molecule has 5 heteroatoms. The number of carbonyl (C=O) groups is 1. The van der Waals surface area contributed by atoms with Crippen LogP contribution in [0.2, 0.25) is 0 Å². The number of fused-ring (bicyclic) bond motifs is 1. The molecule has 0 bridgehead atoms. The molecular weight excluding hydrogens is 292 g/mol. The lowest BCUT2D eigenvalue weighted by molar-refractivity contribution is -0.127. The third kappa shape index (κ3) is 4.61. The number of carbonyl (C=O) groups excluding carboxylic acids is 1. The Balaban J connectivity index is 1.98. The molecule has 2 rings (SSSR count). The number of nitrogens with zero attached hydrogens (tertiary/aromatic N) is 1. The number of likely N-dealkylation sites (N-methyl/N-ethyl adjacent to an activating group) is 1. The Morgan fingerprint density at radius 1 is 1.30 bits per heavy atom. The van der Waals surface area contributed by atoms with E-state index in [0.29, 0.717) is 19.8 Å². The second kappa shape index (κ2) is 7.21. The largest absolute Gasteiger partial charge is 0.486 e. The van der Waals surface area contributed by atoms with Crippen LogP contribution < -0.4 is 14.8 Å².